The predicted octanol–water partition coefficient (Wildman–Crippen LogP) is 5.28. The van der Waals surface area contributed by atoms with Crippen molar-refractivity contribution >= 4 is 39.1 Å². The van der Waals surface area contributed by atoms with Gasteiger partial charge in [0.15, 0.2) is 0 Å². The van der Waals surface area contributed by atoms with Crippen LogP contribution in [0.4, 0.5) is 5.69 Å². The molecule has 214 valence electrons. The van der Waals surface area contributed by atoms with E-state index in [9.17, 15) is 18.0 Å². The number of benzene rings is 3. The molecule has 0 saturated heterocycles. The van der Waals surface area contributed by atoms with Crippen molar-refractivity contribution in [2.75, 3.05) is 17.1 Å². The fourth-order valence-electron chi connectivity index (χ4n) is 4.57. The molecular weight excluding hydrogens is 546 g/mol. The van der Waals surface area contributed by atoms with Gasteiger partial charge in [-0.3, -0.25) is 13.9 Å². The number of sulfonamides is 1. The first-order chi connectivity index (χ1) is 18.7. The molecule has 1 atom stereocenters. The Labute approximate surface area is 243 Å². The molecule has 0 unspecified atom stereocenters. The van der Waals surface area contributed by atoms with E-state index in [1.807, 2.05) is 83.1 Å². The van der Waals surface area contributed by atoms with Crippen LogP contribution in [0.25, 0.3) is 0 Å². The standard InChI is InChI=1S/C31H38ClN3O4S/c1-22-11-10-12-23(2)29(22)35(40(6,38)39)21-28(36)34(20-25-15-17-26(32)18-16-25)27(30(37)33-31(3,4)5)19-24-13-8-7-9-14-24/h7-18,27H,19-21H2,1-6H3,(H,33,37)/t27-/m1/s1. The highest BCUT2D eigenvalue weighted by Crippen LogP contribution is 2.27. The van der Waals surface area contributed by atoms with Gasteiger partial charge in [0, 0.05) is 23.5 Å². The van der Waals surface area contributed by atoms with E-state index in [-0.39, 0.29) is 18.9 Å². The van der Waals surface area contributed by atoms with E-state index in [0.29, 0.717) is 10.7 Å². The number of rotatable bonds is 10. The van der Waals surface area contributed by atoms with Crippen LogP contribution >= 0.6 is 11.6 Å². The first-order valence-corrected chi connectivity index (χ1v) is 15.3. The maximum atomic E-state index is 14.2. The molecule has 0 bridgehead atoms. The number of para-hydroxylation sites is 1. The van der Waals surface area contributed by atoms with E-state index in [1.165, 1.54) is 4.90 Å². The molecule has 0 saturated carbocycles. The Morgan fingerprint density at radius 1 is 0.875 bits per heavy atom. The molecule has 0 radical (unpaired) electrons. The van der Waals surface area contributed by atoms with Crippen LogP contribution in [-0.2, 0) is 32.6 Å². The van der Waals surface area contributed by atoms with Gasteiger partial charge in [0.25, 0.3) is 0 Å². The quantitative estimate of drug-likeness (QED) is 0.352. The second-order valence-electron chi connectivity index (χ2n) is 11.1. The molecule has 0 heterocycles. The maximum Gasteiger partial charge on any atom is 0.244 e. The van der Waals surface area contributed by atoms with Crippen LogP contribution in [0, 0.1) is 13.8 Å². The molecule has 0 aliphatic carbocycles. The van der Waals surface area contributed by atoms with E-state index >= 15 is 0 Å². The molecule has 0 aliphatic rings. The number of hydrogen-bond donors (Lipinski definition) is 1. The minimum absolute atomic E-state index is 0.0927. The zero-order valence-corrected chi connectivity index (χ0v) is 25.5. The van der Waals surface area contributed by atoms with Gasteiger partial charge in [0.1, 0.15) is 12.6 Å². The summed E-state index contributed by atoms with van der Waals surface area (Å²) in [6, 6.07) is 21.1. The van der Waals surface area contributed by atoms with Gasteiger partial charge < -0.3 is 10.2 Å². The number of halogens is 1. The molecule has 9 heteroatoms. The van der Waals surface area contributed by atoms with Crippen molar-refractivity contribution in [2.24, 2.45) is 0 Å². The summed E-state index contributed by atoms with van der Waals surface area (Å²) >= 11 is 6.10. The van der Waals surface area contributed by atoms with Crippen molar-refractivity contribution in [3.05, 3.63) is 100 Å². The van der Waals surface area contributed by atoms with Gasteiger partial charge in [-0.15, -0.1) is 0 Å². The fraction of sp³-hybridized carbons (Fsp3) is 0.355. The van der Waals surface area contributed by atoms with Crippen molar-refractivity contribution < 1.29 is 18.0 Å². The highest BCUT2D eigenvalue weighted by atomic mass is 35.5. The van der Waals surface area contributed by atoms with E-state index < -0.39 is 34.1 Å². The predicted molar refractivity (Wildman–Crippen MR) is 162 cm³/mol. The second-order valence-corrected chi connectivity index (χ2v) is 13.4. The molecule has 3 rings (SSSR count). The highest BCUT2D eigenvalue weighted by molar-refractivity contribution is 7.92. The highest BCUT2D eigenvalue weighted by Gasteiger charge is 2.34. The van der Waals surface area contributed by atoms with Gasteiger partial charge in [-0.05, 0) is 69.0 Å². The number of anilines is 1. The average molecular weight is 584 g/mol. The zero-order valence-electron chi connectivity index (χ0n) is 23.9. The molecule has 40 heavy (non-hydrogen) atoms. The lowest BCUT2D eigenvalue weighted by molar-refractivity contribution is -0.140. The smallest absolute Gasteiger partial charge is 0.244 e. The first kappa shape index (κ1) is 31.2. The van der Waals surface area contributed by atoms with Crippen LogP contribution in [0.5, 0.6) is 0 Å². The Bertz CT molecular complexity index is 1420. The van der Waals surface area contributed by atoms with Crippen molar-refractivity contribution in [1.29, 1.82) is 0 Å². The number of nitrogens with zero attached hydrogens (tertiary/aromatic N) is 2. The number of carbonyl (C=O) groups excluding carboxylic acids is 2. The van der Waals surface area contributed by atoms with Crippen molar-refractivity contribution in [2.45, 2.75) is 59.2 Å². The van der Waals surface area contributed by atoms with Crippen LogP contribution in [-0.4, -0.2) is 49.5 Å². The number of nitrogens with one attached hydrogen (secondary N) is 1. The van der Waals surface area contributed by atoms with Crippen LogP contribution in [0.3, 0.4) is 0 Å². The van der Waals surface area contributed by atoms with Crippen molar-refractivity contribution in [3.8, 4) is 0 Å². The van der Waals surface area contributed by atoms with E-state index in [0.717, 1.165) is 32.8 Å². The van der Waals surface area contributed by atoms with Gasteiger partial charge in [-0.2, -0.15) is 0 Å². The Kier molecular flexibility index (Phi) is 10.0. The molecule has 0 spiro atoms. The molecule has 0 fully saturated rings. The number of hydrogen-bond acceptors (Lipinski definition) is 4. The largest absolute Gasteiger partial charge is 0.350 e. The van der Waals surface area contributed by atoms with Crippen molar-refractivity contribution in [3.63, 3.8) is 0 Å². The number of amides is 2. The van der Waals surface area contributed by atoms with Gasteiger partial charge in [0.2, 0.25) is 21.8 Å². The molecule has 3 aromatic rings. The monoisotopic (exact) mass is 583 g/mol. The molecule has 2 amide bonds. The average Bonchev–Trinajstić information content (AvgIpc) is 2.85. The first-order valence-electron chi connectivity index (χ1n) is 13.1. The fourth-order valence-corrected chi connectivity index (χ4v) is 5.66. The molecule has 0 aromatic heterocycles. The van der Waals surface area contributed by atoms with Gasteiger partial charge in [-0.1, -0.05) is 72.3 Å². The molecule has 7 nitrogen and oxygen atoms in total. The summed E-state index contributed by atoms with van der Waals surface area (Å²) in [5.41, 5.74) is 3.02. The summed E-state index contributed by atoms with van der Waals surface area (Å²) < 4.78 is 27.2. The van der Waals surface area contributed by atoms with Crippen LogP contribution in [0.15, 0.2) is 72.8 Å². The minimum atomic E-state index is -3.84. The number of carbonyl (C=O) groups is 2. The van der Waals surface area contributed by atoms with E-state index in [2.05, 4.69) is 5.32 Å². The normalized spacial score (nSPS) is 12.5. The Morgan fingerprint density at radius 3 is 1.98 bits per heavy atom. The third kappa shape index (κ3) is 8.57. The van der Waals surface area contributed by atoms with E-state index in [1.54, 1.807) is 24.3 Å². The summed E-state index contributed by atoms with van der Waals surface area (Å²) in [5.74, 6) is -0.815. The van der Waals surface area contributed by atoms with Crippen molar-refractivity contribution in [1.82, 2.24) is 10.2 Å². The maximum absolute atomic E-state index is 14.2. The number of aryl methyl sites for hydroxylation is 2. The Balaban J connectivity index is 2.10. The van der Waals surface area contributed by atoms with E-state index in [4.69, 9.17) is 11.6 Å². The third-order valence-electron chi connectivity index (χ3n) is 6.40. The Hall–Kier alpha value is -3.36. The van der Waals surface area contributed by atoms with Crippen LogP contribution in [0.2, 0.25) is 5.02 Å². The minimum Gasteiger partial charge on any atom is -0.350 e. The summed E-state index contributed by atoms with van der Waals surface area (Å²) in [6.45, 7) is 8.89. The SMILES string of the molecule is Cc1cccc(C)c1N(CC(=O)N(Cc1ccc(Cl)cc1)[C@H](Cc1ccccc1)C(=O)NC(C)(C)C)S(C)(=O)=O. The lowest BCUT2D eigenvalue weighted by Gasteiger charge is -2.35. The summed E-state index contributed by atoms with van der Waals surface area (Å²) in [7, 11) is -3.84. The van der Waals surface area contributed by atoms with Crippen LogP contribution in [0.1, 0.15) is 43.0 Å². The lowest BCUT2D eigenvalue weighted by Crippen LogP contribution is -2.56. The van der Waals surface area contributed by atoms with Gasteiger partial charge in [0.05, 0.1) is 11.9 Å². The topological polar surface area (TPSA) is 86.8 Å². The summed E-state index contributed by atoms with van der Waals surface area (Å²) in [4.78, 5) is 29.4. The lowest BCUT2D eigenvalue weighted by atomic mass is 10.0. The second kappa shape index (κ2) is 12.9. The Morgan fingerprint density at radius 2 is 1.45 bits per heavy atom. The third-order valence-corrected chi connectivity index (χ3v) is 7.77. The molecule has 1 N–H and O–H groups in total. The molecule has 0 aliphatic heterocycles. The van der Waals surface area contributed by atoms with Crippen LogP contribution < -0.4 is 9.62 Å². The van der Waals surface area contributed by atoms with Gasteiger partial charge >= 0.3 is 0 Å². The van der Waals surface area contributed by atoms with Gasteiger partial charge in [-0.25, -0.2) is 8.42 Å². The molecule has 3 aromatic carbocycles. The summed E-state index contributed by atoms with van der Waals surface area (Å²) in [6.07, 6.45) is 1.34. The summed E-state index contributed by atoms with van der Waals surface area (Å²) in [5, 5.41) is 3.56. The zero-order chi connectivity index (χ0) is 29.7. The molecular formula is C31H38ClN3O4S.